The van der Waals surface area contributed by atoms with Crippen LogP contribution in [-0.4, -0.2) is 37.2 Å². The Morgan fingerprint density at radius 1 is 0.259 bits per heavy atom. The number of rotatable bonds is 58. The van der Waals surface area contributed by atoms with Crippen molar-refractivity contribution in [1.29, 1.82) is 0 Å². The fourth-order valence-electron chi connectivity index (χ4n) is 8.64. The van der Waals surface area contributed by atoms with Gasteiger partial charge in [0.05, 0.1) is 0 Å². The Balaban J connectivity index is 4.53. The molecule has 0 aliphatic rings. The van der Waals surface area contributed by atoms with Gasteiger partial charge in [0, 0.05) is 19.3 Å². The van der Waals surface area contributed by atoms with Gasteiger partial charge in [0.15, 0.2) is 6.10 Å². The predicted octanol–water partition coefficient (Wildman–Crippen LogP) is 22.9. The van der Waals surface area contributed by atoms with Crippen LogP contribution in [0.4, 0.5) is 0 Å². The van der Waals surface area contributed by atoms with Gasteiger partial charge in [-0.25, -0.2) is 0 Å². The molecule has 0 aromatic carbocycles. The predicted molar refractivity (Wildman–Crippen MR) is 352 cm³/mol. The number of hydrogen-bond donors (Lipinski definition) is 0. The summed E-state index contributed by atoms with van der Waals surface area (Å²) in [5, 5.41) is 0. The van der Waals surface area contributed by atoms with E-state index >= 15 is 0 Å². The zero-order chi connectivity index (χ0) is 58.5. The van der Waals surface area contributed by atoms with Gasteiger partial charge in [0.2, 0.25) is 0 Å². The number of ether oxygens (including phenoxy) is 3. The number of esters is 3. The lowest BCUT2D eigenvalue weighted by Gasteiger charge is -2.18. The van der Waals surface area contributed by atoms with E-state index in [9.17, 15) is 14.4 Å². The molecular weight excluding hydrogens is 997 g/mol. The molecule has 0 amide bonds. The van der Waals surface area contributed by atoms with Crippen LogP contribution in [0.1, 0.15) is 278 Å². The van der Waals surface area contributed by atoms with Crippen LogP contribution < -0.4 is 0 Å². The third-order valence-corrected chi connectivity index (χ3v) is 13.5. The van der Waals surface area contributed by atoms with E-state index < -0.39 is 6.10 Å². The zero-order valence-corrected chi connectivity index (χ0v) is 52.2. The van der Waals surface area contributed by atoms with E-state index in [-0.39, 0.29) is 37.5 Å². The highest BCUT2D eigenvalue weighted by molar-refractivity contribution is 5.71. The van der Waals surface area contributed by atoms with Crippen molar-refractivity contribution in [1.82, 2.24) is 0 Å². The zero-order valence-electron chi connectivity index (χ0n) is 52.2. The van der Waals surface area contributed by atoms with Gasteiger partial charge in [-0.05, 0) is 135 Å². The van der Waals surface area contributed by atoms with Crippen LogP contribution >= 0.6 is 0 Å². The Labute approximate surface area is 499 Å². The number of carbonyl (C=O) groups is 3. The molecule has 0 fully saturated rings. The number of allylic oxidation sites excluding steroid dienone is 26. The minimum Gasteiger partial charge on any atom is -0.462 e. The highest BCUT2D eigenvalue weighted by atomic mass is 16.6. The van der Waals surface area contributed by atoms with Crippen molar-refractivity contribution in [2.75, 3.05) is 13.2 Å². The summed E-state index contributed by atoms with van der Waals surface area (Å²) < 4.78 is 16.9. The standard InChI is InChI=1S/C75H120O6/c1-4-7-10-13-16-19-22-25-28-31-34-36-37-39-41-44-47-50-53-56-59-62-65-68-74(77)80-71-72(70-79-73(76)67-64-61-58-55-52-49-46-43-40-33-30-27-24-21-18-15-12-9-6-3)81-75(78)69-66-63-60-57-54-51-48-45-42-38-35-32-29-26-23-20-17-14-11-8-5-2/h7,9-10,12,16,18-19,21,23,25-28,30,32,34-36,40,42-43,45,49,52,58,61,72H,4-6,8,11,13-15,17,20,22,24,29,31,33,37-39,41,44,46-48,50-51,53-57,59-60,62-71H2,1-3H3/b10-7-,12-9-,19-16-,21-18-,26-23-,28-25-,30-27-,35-32-,36-34-,43-40-,45-42-,52-49-,61-58-. The maximum absolute atomic E-state index is 12.9. The second kappa shape index (κ2) is 67.5. The van der Waals surface area contributed by atoms with Crippen molar-refractivity contribution in [3.63, 3.8) is 0 Å². The number of carbonyl (C=O) groups excluding carboxylic acids is 3. The first-order valence-corrected chi connectivity index (χ1v) is 33.0. The second-order valence-corrected chi connectivity index (χ2v) is 21.3. The normalized spacial score (nSPS) is 13.2. The van der Waals surface area contributed by atoms with Gasteiger partial charge in [-0.2, -0.15) is 0 Å². The van der Waals surface area contributed by atoms with Crippen LogP contribution in [0.25, 0.3) is 0 Å². The van der Waals surface area contributed by atoms with Crippen LogP contribution in [0.15, 0.2) is 158 Å². The molecule has 1 atom stereocenters. The second-order valence-electron chi connectivity index (χ2n) is 21.3. The maximum Gasteiger partial charge on any atom is 0.306 e. The third-order valence-electron chi connectivity index (χ3n) is 13.5. The molecule has 0 N–H and O–H groups in total. The van der Waals surface area contributed by atoms with E-state index in [0.29, 0.717) is 19.3 Å². The maximum atomic E-state index is 12.9. The fourth-order valence-corrected chi connectivity index (χ4v) is 8.64. The Bertz CT molecular complexity index is 1810. The summed E-state index contributed by atoms with van der Waals surface area (Å²) in [6, 6.07) is 0. The first-order valence-electron chi connectivity index (χ1n) is 33.0. The highest BCUT2D eigenvalue weighted by Gasteiger charge is 2.19. The smallest absolute Gasteiger partial charge is 0.306 e. The molecule has 6 nitrogen and oxygen atoms in total. The van der Waals surface area contributed by atoms with Crippen molar-refractivity contribution >= 4 is 17.9 Å². The van der Waals surface area contributed by atoms with Gasteiger partial charge in [-0.15, -0.1) is 0 Å². The van der Waals surface area contributed by atoms with Crippen LogP contribution in [0.5, 0.6) is 0 Å². The van der Waals surface area contributed by atoms with Crippen molar-refractivity contribution in [2.45, 2.75) is 284 Å². The van der Waals surface area contributed by atoms with Gasteiger partial charge in [0.1, 0.15) is 13.2 Å². The van der Waals surface area contributed by atoms with Gasteiger partial charge >= 0.3 is 17.9 Å². The van der Waals surface area contributed by atoms with Gasteiger partial charge in [-0.1, -0.05) is 281 Å². The highest BCUT2D eigenvalue weighted by Crippen LogP contribution is 2.15. The van der Waals surface area contributed by atoms with Crippen LogP contribution in [0, 0.1) is 0 Å². The van der Waals surface area contributed by atoms with E-state index in [1.807, 2.05) is 6.08 Å². The first kappa shape index (κ1) is 76.0. The fraction of sp³-hybridized carbons (Fsp3) is 0.613. The molecule has 0 aromatic heterocycles. The number of hydrogen-bond acceptors (Lipinski definition) is 6. The molecule has 0 aliphatic heterocycles. The average Bonchev–Trinajstić information content (AvgIpc) is 3.47. The van der Waals surface area contributed by atoms with E-state index in [2.05, 4.69) is 173 Å². The lowest BCUT2D eigenvalue weighted by Crippen LogP contribution is -2.30. The SMILES string of the molecule is CC/C=C\C/C=C\C/C=C\C/C=C\C/C=C\C/C=C\CCC(=O)OCC(COC(=O)CCCCCCCCCCCC/C=C\C/C=C\C/C=C\C/C=C\CC)OC(=O)CCCCCCCC/C=C\C/C=C\C/C=C\CCCCCCC. The summed E-state index contributed by atoms with van der Waals surface area (Å²) in [6.07, 6.45) is 98.3. The van der Waals surface area contributed by atoms with E-state index in [4.69, 9.17) is 14.2 Å². The topological polar surface area (TPSA) is 78.9 Å². The molecule has 0 saturated heterocycles. The lowest BCUT2D eigenvalue weighted by atomic mass is 10.1. The van der Waals surface area contributed by atoms with Crippen molar-refractivity contribution in [3.8, 4) is 0 Å². The molecule has 0 aromatic rings. The Morgan fingerprint density at radius 3 is 0.827 bits per heavy atom. The van der Waals surface area contributed by atoms with Gasteiger partial charge < -0.3 is 14.2 Å². The molecule has 0 radical (unpaired) electrons. The molecule has 0 bridgehead atoms. The van der Waals surface area contributed by atoms with E-state index in [1.165, 1.54) is 103 Å². The van der Waals surface area contributed by atoms with Crippen LogP contribution in [-0.2, 0) is 28.6 Å². The average molecular weight is 1120 g/mol. The first-order chi connectivity index (χ1) is 40.0. The molecule has 456 valence electrons. The molecule has 6 heteroatoms. The quantitative estimate of drug-likeness (QED) is 0.0261. The molecule has 81 heavy (non-hydrogen) atoms. The molecule has 0 rings (SSSR count). The van der Waals surface area contributed by atoms with Crippen LogP contribution in [0.2, 0.25) is 0 Å². The monoisotopic (exact) mass is 1120 g/mol. The molecular formula is C75H120O6. The van der Waals surface area contributed by atoms with Crippen molar-refractivity contribution in [3.05, 3.63) is 158 Å². The largest absolute Gasteiger partial charge is 0.462 e. The number of unbranched alkanes of at least 4 members (excludes halogenated alkanes) is 21. The Morgan fingerprint density at radius 2 is 0.506 bits per heavy atom. The summed E-state index contributed by atoms with van der Waals surface area (Å²) in [5.41, 5.74) is 0. The molecule has 0 spiro atoms. The van der Waals surface area contributed by atoms with E-state index in [1.54, 1.807) is 0 Å². The van der Waals surface area contributed by atoms with Crippen molar-refractivity contribution in [2.24, 2.45) is 0 Å². The summed E-state index contributed by atoms with van der Waals surface area (Å²) in [5.74, 6) is -1.02. The summed E-state index contributed by atoms with van der Waals surface area (Å²) in [7, 11) is 0. The molecule has 0 saturated carbocycles. The molecule has 0 heterocycles. The van der Waals surface area contributed by atoms with Gasteiger partial charge in [0.25, 0.3) is 0 Å². The van der Waals surface area contributed by atoms with E-state index in [0.717, 1.165) is 128 Å². The molecule has 0 aliphatic carbocycles. The minimum absolute atomic E-state index is 0.115. The minimum atomic E-state index is -0.827. The Kier molecular flexibility index (Phi) is 63.4. The van der Waals surface area contributed by atoms with Gasteiger partial charge in [-0.3, -0.25) is 14.4 Å². The Hall–Kier alpha value is -4.97. The molecule has 1 unspecified atom stereocenters. The summed E-state index contributed by atoms with van der Waals surface area (Å²) >= 11 is 0. The van der Waals surface area contributed by atoms with Crippen molar-refractivity contribution < 1.29 is 28.6 Å². The summed E-state index contributed by atoms with van der Waals surface area (Å²) in [6.45, 7) is 6.33. The lowest BCUT2D eigenvalue weighted by molar-refractivity contribution is -0.166. The third kappa shape index (κ3) is 65.7. The summed E-state index contributed by atoms with van der Waals surface area (Å²) in [4.78, 5) is 38.4. The van der Waals surface area contributed by atoms with Crippen LogP contribution in [0.3, 0.4) is 0 Å².